The highest BCUT2D eigenvalue weighted by Gasteiger charge is 2.21. The van der Waals surface area contributed by atoms with Crippen LogP contribution in [-0.4, -0.2) is 80.9 Å². The monoisotopic (exact) mass is 320 g/mol. The molecule has 1 fully saturated rings. The van der Waals surface area contributed by atoms with Crippen molar-refractivity contribution in [2.45, 2.75) is 0 Å². The Bertz CT molecular complexity index is 556. The van der Waals surface area contributed by atoms with Crippen molar-refractivity contribution in [1.29, 1.82) is 0 Å². The van der Waals surface area contributed by atoms with Gasteiger partial charge in [0.1, 0.15) is 0 Å². The number of hydrogen-bond acceptors (Lipinski definition) is 5. The number of carbonyl (C=O) groups excluding carboxylic acids is 1. The molecule has 1 N–H and O–H groups in total. The molecule has 1 aromatic carbocycles. The summed E-state index contributed by atoms with van der Waals surface area (Å²) in [6.45, 7) is 5.67. The predicted molar refractivity (Wildman–Crippen MR) is 88.2 cm³/mol. The predicted octanol–water partition coefficient (Wildman–Crippen LogP) is 1.13. The molecule has 2 heterocycles. The van der Waals surface area contributed by atoms with E-state index in [-0.39, 0.29) is 12.8 Å². The molecular weight excluding hydrogens is 296 g/mol. The summed E-state index contributed by atoms with van der Waals surface area (Å²) in [7, 11) is 4.16. The number of piperazine rings is 1. The second-order valence-electron chi connectivity index (χ2n) is 6.13. The molecule has 0 unspecified atom stereocenters. The number of nitrogens with one attached hydrogen (secondary N) is 1. The van der Waals surface area contributed by atoms with E-state index >= 15 is 0 Å². The van der Waals surface area contributed by atoms with Gasteiger partial charge in [0.2, 0.25) is 6.79 Å². The first-order chi connectivity index (χ1) is 11.1. The number of benzene rings is 1. The molecule has 2 aliphatic rings. The molecule has 23 heavy (non-hydrogen) atoms. The highest BCUT2D eigenvalue weighted by atomic mass is 16.7. The van der Waals surface area contributed by atoms with E-state index in [4.69, 9.17) is 9.47 Å². The number of likely N-dealkylation sites (N-methyl/N-ethyl adjacent to an activating group) is 1. The number of rotatable bonds is 4. The fourth-order valence-corrected chi connectivity index (χ4v) is 2.69. The van der Waals surface area contributed by atoms with Crippen LogP contribution < -0.4 is 14.8 Å². The second-order valence-corrected chi connectivity index (χ2v) is 6.13. The van der Waals surface area contributed by atoms with Crippen LogP contribution in [0.3, 0.4) is 0 Å². The number of ether oxygens (including phenoxy) is 2. The fraction of sp³-hybridized carbons (Fsp3) is 0.562. The average Bonchev–Trinajstić information content (AvgIpc) is 3.01. The van der Waals surface area contributed by atoms with Crippen LogP contribution in [0.2, 0.25) is 0 Å². The summed E-state index contributed by atoms with van der Waals surface area (Å²) in [5, 5.41) is 2.93. The quantitative estimate of drug-likeness (QED) is 0.901. The molecule has 1 aromatic rings. The van der Waals surface area contributed by atoms with Gasteiger partial charge in [-0.3, -0.25) is 4.90 Å². The number of hydrogen-bond donors (Lipinski definition) is 1. The molecule has 2 aliphatic heterocycles. The number of carbonyl (C=O) groups is 1. The maximum absolute atomic E-state index is 12.4. The van der Waals surface area contributed by atoms with Crippen LogP contribution in [0.25, 0.3) is 0 Å². The number of amides is 2. The molecule has 126 valence electrons. The van der Waals surface area contributed by atoms with Gasteiger partial charge in [-0.1, -0.05) is 0 Å². The van der Waals surface area contributed by atoms with E-state index in [1.165, 1.54) is 0 Å². The van der Waals surface area contributed by atoms with Crippen molar-refractivity contribution in [3.8, 4) is 11.5 Å². The first-order valence-corrected chi connectivity index (χ1v) is 7.94. The Morgan fingerprint density at radius 1 is 1.17 bits per heavy atom. The molecule has 2 amide bonds. The highest BCUT2D eigenvalue weighted by Crippen LogP contribution is 2.34. The summed E-state index contributed by atoms with van der Waals surface area (Å²) >= 11 is 0. The Kier molecular flexibility index (Phi) is 4.88. The summed E-state index contributed by atoms with van der Waals surface area (Å²) in [6.07, 6.45) is 0. The normalized spacial score (nSPS) is 17.6. The lowest BCUT2D eigenvalue weighted by Crippen LogP contribution is -2.51. The number of nitrogens with zero attached hydrogens (tertiary/aromatic N) is 3. The zero-order valence-corrected chi connectivity index (χ0v) is 13.7. The van der Waals surface area contributed by atoms with Gasteiger partial charge in [0.15, 0.2) is 11.5 Å². The number of urea groups is 1. The Hall–Kier alpha value is -1.99. The standard InChI is InChI=1S/C16H24N4O3/c1-18(2)5-6-19-7-9-20(10-8-19)16(21)17-13-3-4-14-15(11-13)23-12-22-14/h3-4,11H,5-10,12H2,1-2H3,(H,17,21). The lowest BCUT2D eigenvalue weighted by molar-refractivity contribution is 0.140. The highest BCUT2D eigenvalue weighted by molar-refractivity contribution is 5.89. The van der Waals surface area contributed by atoms with Crippen LogP contribution in [0.5, 0.6) is 11.5 Å². The van der Waals surface area contributed by atoms with E-state index in [1.807, 2.05) is 17.0 Å². The van der Waals surface area contributed by atoms with Crippen LogP contribution >= 0.6 is 0 Å². The third-order valence-corrected chi connectivity index (χ3v) is 4.15. The number of anilines is 1. The van der Waals surface area contributed by atoms with E-state index < -0.39 is 0 Å². The Morgan fingerprint density at radius 3 is 2.65 bits per heavy atom. The molecule has 3 rings (SSSR count). The number of fused-ring (bicyclic) bond motifs is 1. The summed E-state index contributed by atoms with van der Waals surface area (Å²) in [5.41, 5.74) is 0.731. The second kappa shape index (κ2) is 7.06. The van der Waals surface area contributed by atoms with E-state index in [9.17, 15) is 4.79 Å². The fourth-order valence-electron chi connectivity index (χ4n) is 2.69. The van der Waals surface area contributed by atoms with Gasteiger partial charge in [-0.05, 0) is 26.2 Å². The lowest BCUT2D eigenvalue weighted by atomic mass is 10.2. The van der Waals surface area contributed by atoms with Crippen LogP contribution in [-0.2, 0) is 0 Å². The lowest BCUT2D eigenvalue weighted by Gasteiger charge is -2.35. The summed E-state index contributed by atoms with van der Waals surface area (Å²) in [4.78, 5) is 18.8. The van der Waals surface area contributed by atoms with Crippen LogP contribution in [0.4, 0.5) is 10.5 Å². The first kappa shape index (κ1) is 15.9. The Labute approximate surface area is 136 Å². The smallest absolute Gasteiger partial charge is 0.321 e. The summed E-state index contributed by atoms with van der Waals surface area (Å²) < 4.78 is 10.6. The SMILES string of the molecule is CN(C)CCN1CCN(C(=O)Nc2ccc3c(c2)OCO3)CC1. The maximum atomic E-state index is 12.4. The molecule has 0 atom stereocenters. The summed E-state index contributed by atoms with van der Waals surface area (Å²) in [6, 6.07) is 5.39. The van der Waals surface area contributed by atoms with E-state index in [0.29, 0.717) is 5.75 Å². The van der Waals surface area contributed by atoms with Crippen molar-refractivity contribution in [2.24, 2.45) is 0 Å². The molecule has 0 bridgehead atoms. The molecule has 7 heteroatoms. The van der Waals surface area contributed by atoms with Crippen molar-refractivity contribution >= 4 is 11.7 Å². The van der Waals surface area contributed by atoms with Crippen molar-refractivity contribution < 1.29 is 14.3 Å². The van der Waals surface area contributed by atoms with Crippen LogP contribution in [0, 0.1) is 0 Å². The minimum Gasteiger partial charge on any atom is -0.454 e. The third-order valence-electron chi connectivity index (χ3n) is 4.15. The largest absolute Gasteiger partial charge is 0.454 e. The minimum atomic E-state index is -0.0591. The molecule has 0 aromatic heterocycles. The van der Waals surface area contributed by atoms with Crippen molar-refractivity contribution in [1.82, 2.24) is 14.7 Å². The maximum Gasteiger partial charge on any atom is 0.321 e. The molecule has 0 radical (unpaired) electrons. The van der Waals surface area contributed by atoms with Gasteiger partial charge in [0.05, 0.1) is 0 Å². The minimum absolute atomic E-state index is 0.0591. The zero-order chi connectivity index (χ0) is 16.2. The zero-order valence-electron chi connectivity index (χ0n) is 13.7. The van der Waals surface area contributed by atoms with Gasteiger partial charge in [0, 0.05) is 51.0 Å². The molecular formula is C16H24N4O3. The average molecular weight is 320 g/mol. The topological polar surface area (TPSA) is 57.3 Å². The summed E-state index contributed by atoms with van der Waals surface area (Å²) in [5.74, 6) is 1.40. The third kappa shape index (κ3) is 4.05. The van der Waals surface area contributed by atoms with Gasteiger partial charge in [0.25, 0.3) is 0 Å². The molecule has 0 spiro atoms. The molecule has 1 saturated heterocycles. The van der Waals surface area contributed by atoms with Gasteiger partial charge in [-0.2, -0.15) is 0 Å². The Morgan fingerprint density at radius 2 is 1.91 bits per heavy atom. The van der Waals surface area contributed by atoms with E-state index in [2.05, 4.69) is 29.2 Å². The van der Waals surface area contributed by atoms with Gasteiger partial charge in [-0.25, -0.2) is 4.79 Å². The molecule has 0 saturated carbocycles. The van der Waals surface area contributed by atoms with E-state index in [1.54, 1.807) is 6.07 Å². The van der Waals surface area contributed by atoms with Crippen molar-refractivity contribution in [3.63, 3.8) is 0 Å². The first-order valence-electron chi connectivity index (χ1n) is 7.94. The van der Waals surface area contributed by atoms with Crippen LogP contribution in [0.1, 0.15) is 0 Å². The molecule has 0 aliphatic carbocycles. The van der Waals surface area contributed by atoms with Crippen LogP contribution in [0.15, 0.2) is 18.2 Å². The Balaban J connectivity index is 1.48. The van der Waals surface area contributed by atoms with E-state index in [0.717, 1.165) is 50.7 Å². The van der Waals surface area contributed by atoms with Gasteiger partial charge in [-0.15, -0.1) is 0 Å². The van der Waals surface area contributed by atoms with Crippen molar-refractivity contribution in [3.05, 3.63) is 18.2 Å². The molecule has 7 nitrogen and oxygen atoms in total. The van der Waals surface area contributed by atoms with Gasteiger partial charge >= 0.3 is 6.03 Å². The van der Waals surface area contributed by atoms with Gasteiger partial charge < -0.3 is 24.6 Å². The van der Waals surface area contributed by atoms with Crippen molar-refractivity contribution in [2.75, 3.05) is 65.5 Å².